The Bertz CT molecular complexity index is 1430. The molecule has 0 saturated carbocycles. The number of benzene rings is 2. The van der Waals surface area contributed by atoms with Gasteiger partial charge in [0.25, 0.3) is 5.91 Å². The van der Waals surface area contributed by atoms with E-state index in [2.05, 4.69) is 4.98 Å². The van der Waals surface area contributed by atoms with Gasteiger partial charge in [0, 0.05) is 24.3 Å². The summed E-state index contributed by atoms with van der Waals surface area (Å²) in [4.78, 5) is 19.1. The molecule has 0 radical (unpaired) electrons. The number of imidazole rings is 1. The molecule has 0 N–H and O–H groups in total. The number of hydrogen-bond donors (Lipinski definition) is 0. The van der Waals surface area contributed by atoms with Crippen molar-refractivity contribution in [1.29, 1.82) is 0 Å². The van der Waals surface area contributed by atoms with Gasteiger partial charge in [-0.3, -0.25) is 4.79 Å². The van der Waals surface area contributed by atoms with E-state index in [0.29, 0.717) is 18.7 Å². The summed E-state index contributed by atoms with van der Waals surface area (Å²) in [6.45, 7) is 4.72. The average Bonchev–Trinajstić information content (AvgIpc) is 3.55. The second kappa shape index (κ2) is 12.1. The minimum Gasteiger partial charge on any atom is -0.376 e. The van der Waals surface area contributed by atoms with Crippen molar-refractivity contribution < 1.29 is 35.5 Å². The first-order valence-corrected chi connectivity index (χ1v) is 14.6. The van der Waals surface area contributed by atoms with Crippen LogP contribution in [0.5, 0.6) is 0 Å². The van der Waals surface area contributed by atoms with E-state index >= 15 is 0 Å². The monoisotopic (exact) mass is 581 g/mol. The fourth-order valence-corrected chi connectivity index (χ4v) is 6.19. The van der Waals surface area contributed by atoms with Crippen molar-refractivity contribution >= 4 is 15.7 Å². The van der Waals surface area contributed by atoms with E-state index < -0.39 is 39.1 Å². The molecule has 0 unspecified atom stereocenters. The van der Waals surface area contributed by atoms with Crippen molar-refractivity contribution in [3.8, 4) is 0 Å². The predicted octanol–water partition coefficient (Wildman–Crippen LogP) is 5.49. The molecule has 0 bridgehead atoms. The molecule has 4 rings (SSSR count). The standard InChI is InChI=1S/C28H31F4N3O4S/c1-19(2)15-34(26(36)20-9-11-22(12-10-20)28(30,31)32)16-23-14-33-27(35(23)17-24-7-5-13-39-24)40(37,38)18-21-6-3-4-8-25(21)29/h3-4,6,8-12,14,19,24H,5,7,13,15-18H2,1-2H3/t24-/m0/s1. The molecule has 1 atom stereocenters. The number of carbonyl (C=O) groups excluding carboxylic acids is 1. The Labute approximate surface area is 230 Å². The van der Waals surface area contributed by atoms with Crippen molar-refractivity contribution in [3.05, 3.63) is 82.9 Å². The second-order valence-electron chi connectivity index (χ2n) is 10.3. The first-order chi connectivity index (χ1) is 18.8. The molecule has 2 heterocycles. The summed E-state index contributed by atoms with van der Waals surface area (Å²) in [5.74, 6) is -1.73. The van der Waals surface area contributed by atoms with Gasteiger partial charge in [-0.05, 0) is 49.1 Å². The Morgan fingerprint density at radius 3 is 2.45 bits per heavy atom. The number of carbonyl (C=O) groups is 1. The van der Waals surface area contributed by atoms with Gasteiger partial charge in [-0.15, -0.1) is 0 Å². The van der Waals surface area contributed by atoms with Gasteiger partial charge in [-0.2, -0.15) is 13.2 Å². The molecule has 12 heteroatoms. The first kappa shape index (κ1) is 29.7. The van der Waals surface area contributed by atoms with Crippen molar-refractivity contribution in [2.75, 3.05) is 13.2 Å². The number of hydrogen-bond acceptors (Lipinski definition) is 5. The maximum Gasteiger partial charge on any atom is 0.416 e. The molecule has 1 aliphatic heterocycles. The molecule has 1 amide bonds. The molecule has 216 valence electrons. The SMILES string of the molecule is CC(C)CN(Cc1cnc(S(=O)(=O)Cc2ccccc2F)n1C[C@@H]1CCCO1)C(=O)c1ccc(C(F)(F)F)cc1. The maximum absolute atomic E-state index is 14.3. The van der Waals surface area contributed by atoms with Crippen LogP contribution in [0.2, 0.25) is 0 Å². The zero-order valence-electron chi connectivity index (χ0n) is 22.2. The van der Waals surface area contributed by atoms with Crippen LogP contribution in [-0.4, -0.2) is 48.0 Å². The summed E-state index contributed by atoms with van der Waals surface area (Å²) in [6, 6.07) is 9.58. The smallest absolute Gasteiger partial charge is 0.376 e. The van der Waals surface area contributed by atoms with E-state index in [1.807, 2.05) is 13.8 Å². The van der Waals surface area contributed by atoms with Crippen LogP contribution in [0, 0.1) is 11.7 Å². The van der Waals surface area contributed by atoms with Gasteiger partial charge in [0.15, 0.2) is 0 Å². The molecule has 1 aliphatic rings. The Kier molecular flexibility index (Phi) is 8.99. The molecule has 0 spiro atoms. The van der Waals surface area contributed by atoms with E-state index in [1.165, 1.54) is 33.9 Å². The summed E-state index contributed by atoms with van der Waals surface area (Å²) < 4.78 is 87.5. The maximum atomic E-state index is 14.3. The second-order valence-corrected chi connectivity index (χ2v) is 12.2. The molecule has 1 aromatic heterocycles. The summed E-state index contributed by atoms with van der Waals surface area (Å²) in [7, 11) is -4.09. The van der Waals surface area contributed by atoms with Crippen molar-refractivity contribution in [3.63, 3.8) is 0 Å². The summed E-state index contributed by atoms with van der Waals surface area (Å²) in [5, 5.41) is -0.257. The number of nitrogens with zero attached hydrogens (tertiary/aromatic N) is 3. The zero-order valence-corrected chi connectivity index (χ0v) is 23.0. The number of rotatable bonds is 10. The molecule has 3 aromatic rings. The number of halogens is 4. The van der Waals surface area contributed by atoms with Crippen LogP contribution in [0.1, 0.15) is 53.9 Å². The van der Waals surface area contributed by atoms with Crippen molar-refractivity contribution in [2.24, 2.45) is 5.92 Å². The molecular weight excluding hydrogens is 550 g/mol. The molecule has 1 saturated heterocycles. The fourth-order valence-electron chi connectivity index (χ4n) is 4.68. The predicted molar refractivity (Wildman–Crippen MR) is 140 cm³/mol. The van der Waals surface area contributed by atoms with Gasteiger partial charge in [0.1, 0.15) is 5.82 Å². The van der Waals surface area contributed by atoms with Gasteiger partial charge < -0.3 is 14.2 Å². The molecule has 1 fully saturated rings. The lowest BCUT2D eigenvalue weighted by molar-refractivity contribution is -0.137. The number of amides is 1. The minimum absolute atomic E-state index is 0.00892. The highest BCUT2D eigenvalue weighted by atomic mass is 32.2. The van der Waals surface area contributed by atoms with E-state index in [1.54, 1.807) is 6.07 Å². The van der Waals surface area contributed by atoms with Gasteiger partial charge in [-0.25, -0.2) is 17.8 Å². The van der Waals surface area contributed by atoms with Crippen molar-refractivity contribution in [2.45, 2.75) is 63.0 Å². The van der Waals surface area contributed by atoms with Crippen LogP contribution in [0.15, 0.2) is 59.9 Å². The largest absolute Gasteiger partial charge is 0.416 e. The highest BCUT2D eigenvalue weighted by molar-refractivity contribution is 7.90. The Balaban J connectivity index is 1.67. The third kappa shape index (κ3) is 7.08. The number of alkyl halides is 3. The Morgan fingerprint density at radius 1 is 1.15 bits per heavy atom. The lowest BCUT2D eigenvalue weighted by atomic mass is 10.1. The third-order valence-corrected chi connectivity index (χ3v) is 8.15. The van der Waals surface area contributed by atoms with E-state index in [-0.39, 0.29) is 47.9 Å². The van der Waals surface area contributed by atoms with E-state index in [4.69, 9.17) is 4.74 Å². The first-order valence-electron chi connectivity index (χ1n) is 12.9. The van der Waals surface area contributed by atoms with Gasteiger partial charge in [0.05, 0.1) is 42.4 Å². The van der Waals surface area contributed by atoms with Crippen LogP contribution in [0.3, 0.4) is 0 Å². The lowest BCUT2D eigenvalue weighted by Gasteiger charge is -2.26. The van der Waals surface area contributed by atoms with Crippen LogP contribution in [-0.2, 0) is 39.6 Å². The number of sulfone groups is 1. The topological polar surface area (TPSA) is 81.5 Å². The van der Waals surface area contributed by atoms with E-state index in [9.17, 15) is 30.8 Å². The molecule has 7 nitrogen and oxygen atoms in total. The Hall–Kier alpha value is -3.25. The Morgan fingerprint density at radius 2 is 1.85 bits per heavy atom. The lowest BCUT2D eigenvalue weighted by Crippen LogP contribution is -2.35. The summed E-state index contributed by atoms with van der Waals surface area (Å²) in [5.41, 5.74) is -0.358. The quantitative estimate of drug-likeness (QED) is 0.296. The van der Waals surface area contributed by atoms with Crippen LogP contribution in [0.4, 0.5) is 17.6 Å². The third-order valence-electron chi connectivity index (χ3n) is 6.58. The molecular formula is C28H31F4N3O4S. The van der Waals surface area contributed by atoms with Crippen LogP contribution < -0.4 is 0 Å². The number of aromatic nitrogens is 2. The molecule has 40 heavy (non-hydrogen) atoms. The molecule has 2 aromatic carbocycles. The van der Waals surface area contributed by atoms with Crippen LogP contribution in [0.25, 0.3) is 0 Å². The van der Waals surface area contributed by atoms with Gasteiger partial charge >= 0.3 is 6.18 Å². The zero-order chi connectivity index (χ0) is 29.1. The minimum atomic E-state index is -4.53. The fraction of sp³-hybridized carbons (Fsp3) is 0.429. The van der Waals surface area contributed by atoms with Crippen molar-refractivity contribution in [1.82, 2.24) is 14.5 Å². The van der Waals surface area contributed by atoms with Gasteiger partial charge in [-0.1, -0.05) is 32.0 Å². The highest BCUT2D eigenvalue weighted by Gasteiger charge is 2.32. The summed E-state index contributed by atoms with van der Waals surface area (Å²) >= 11 is 0. The van der Waals surface area contributed by atoms with Crippen LogP contribution >= 0.6 is 0 Å². The van der Waals surface area contributed by atoms with E-state index in [0.717, 1.165) is 30.7 Å². The normalized spacial score (nSPS) is 16.0. The highest BCUT2D eigenvalue weighted by Crippen LogP contribution is 2.29. The van der Waals surface area contributed by atoms with Gasteiger partial charge in [0.2, 0.25) is 15.0 Å². The number of ether oxygens (including phenoxy) is 1. The summed E-state index contributed by atoms with van der Waals surface area (Å²) in [6.07, 6.45) is -1.89. The average molecular weight is 582 g/mol. The molecule has 0 aliphatic carbocycles.